The van der Waals surface area contributed by atoms with Gasteiger partial charge in [-0.2, -0.15) is 5.26 Å². The summed E-state index contributed by atoms with van der Waals surface area (Å²) in [6, 6.07) is 7.89. The number of nitriles is 1. The van der Waals surface area contributed by atoms with E-state index in [1.807, 2.05) is 29.7 Å². The van der Waals surface area contributed by atoms with E-state index >= 15 is 0 Å². The minimum atomic E-state index is 0.688. The lowest BCUT2D eigenvalue weighted by Crippen LogP contribution is -2.17. The Morgan fingerprint density at radius 1 is 1.37 bits per heavy atom. The van der Waals surface area contributed by atoms with E-state index in [2.05, 4.69) is 28.5 Å². The molecule has 1 N–H and O–H groups in total. The molecule has 0 aliphatic rings. The Bertz CT molecular complexity index is 594. The number of benzene rings is 1. The van der Waals surface area contributed by atoms with Crippen LogP contribution in [-0.4, -0.2) is 14.8 Å². The number of aryl methyl sites for hydroxylation is 2. The molecule has 1 aromatic carbocycles. The Morgan fingerprint density at radius 2 is 2.21 bits per heavy atom. The van der Waals surface area contributed by atoms with Crippen LogP contribution in [-0.2, 0) is 19.6 Å². The minimum Gasteiger partial charge on any atom is -0.317 e. The topological polar surface area (TPSA) is 66.5 Å². The first-order valence-electron chi connectivity index (χ1n) is 6.31. The van der Waals surface area contributed by atoms with Crippen LogP contribution in [0.2, 0.25) is 0 Å². The SMILES string of the molecule is CCn1cnnc1CNCc1ccc(C#N)cc1C. The van der Waals surface area contributed by atoms with E-state index in [9.17, 15) is 0 Å². The molecule has 5 heteroatoms. The molecule has 2 aromatic rings. The standard InChI is InChI=1S/C14H17N5/c1-3-19-10-17-18-14(19)9-16-8-13-5-4-12(7-15)6-11(13)2/h4-6,10,16H,3,8-9H2,1-2H3. The zero-order chi connectivity index (χ0) is 13.7. The van der Waals surface area contributed by atoms with Gasteiger partial charge in [-0.3, -0.25) is 0 Å². The van der Waals surface area contributed by atoms with Crippen molar-refractivity contribution in [2.75, 3.05) is 0 Å². The first kappa shape index (κ1) is 13.2. The second-order valence-corrected chi connectivity index (χ2v) is 4.39. The molecular weight excluding hydrogens is 238 g/mol. The Kier molecular flexibility index (Phi) is 4.26. The van der Waals surface area contributed by atoms with Gasteiger partial charge >= 0.3 is 0 Å². The Balaban J connectivity index is 1.95. The van der Waals surface area contributed by atoms with Gasteiger partial charge in [-0.15, -0.1) is 10.2 Å². The van der Waals surface area contributed by atoms with Gasteiger partial charge < -0.3 is 9.88 Å². The maximum Gasteiger partial charge on any atom is 0.146 e. The molecule has 0 atom stereocenters. The molecule has 0 amide bonds. The van der Waals surface area contributed by atoms with Crippen LogP contribution in [0, 0.1) is 18.3 Å². The van der Waals surface area contributed by atoms with Gasteiger partial charge in [0.2, 0.25) is 0 Å². The number of hydrogen-bond donors (Lipinski definition) is 1. The van der Waals surface area contributed by atoms with E-state index in [1.165, 1.54) is 5.56 Å². The summed E-state index contributed by atoms with van der Waals surface area (Å²) in [5.74, 6) is 0.939. The van der Waals surface area contributed by atoms with Crippen molar-refractivity contribution in [3.63, 3.8) is 0 Å². The van der Waals surface area contributed by atoms with Crippen LogP contribution >= 0.6 is 0 Å². The van der Waals surface area contributed by atoms with Crippen molar-refractivity contribution in [3.05, 3.63) is 47.0 Å². The summed E-state index contributed by atoms with van der Waals surface area (Å²) in [5, 5.41) is 20.2. The third-order valence-corrected chi connectivity index (χ3v) is 3.11. The molecule has 0 saturated heterocycles. The van der Waals surface area contributed by atoms with Gasteiger partial charge in [0.15, 0.2) is 0 Å². The number of hydrogen-bond acceptors (Lipinski definition) is 4. The summed E-state index contributed by atoms with van der Waals surface area (Å²) in [6.45, 7) is 6.41. The van der Waals surface area contributed by atoms with Crippen molar-refractivity contribution in [1.82, 2.24) is 20.1 Å². The molecule has 1 heterocycles. The van der Waals surface area contributed by atoms with Crippen LogP contribution in [0.1, 0.15) is 29.4 Å². The first-order chi connectivity index (χ1) is 9.24. The summed E-state index contributed by atoms with van der Waals surface area (Å²) < 4.78 is 2.01. The van der Waals surface area contributed by atoms with Crippen molar-refractivity contribution in [2.45, 2.75) is 33.5 Å². The van der Waals surface area contributed by atoms with Crippen LogP contribution in [0.15, 0.2) is 24.5 Å². The molecule has 0 radical (unpaired) electrons. The molecular formula is C14H17N5. The molecule has 0 spiro atoms. The first-order valence-corrected chi connectivity index (χ1v) is 6.31. The fourth-order valence-electron chi connectivity index (χ4n) is 1.95. The van der Waals surface area contributed by atoms with Gasteiger partial charge in [0, 0.05) is 13.1 Å². The molecule has 1 aromatic heterocycles. The molecule has 0 aliphatic carbocycles. The zero-order valence-corrected chi connectivity index (χ0v) is 11.2. The highest BCUT2D eigenvalue weighted by atomic mass is 15.3. The predicted octanol–water partition coefficient (Wildman–Crippen LogP) is 1.77. The Hall–Kier alpha value is -2.19. The quantitative estimate of drug-likeness (QED) is 0.884. The van der Waals surface area contributed by atoms with Gasteiger partial charge in [0.1, 0.15) is 12.2 Å². The Morgan fingerprint density at radius 3 is 2.89 bits per heavy atom. The van der Waals surface area contributed by atoms with Crippen LogP contribution in [0.4, 0.5) is 0 Å². The van der Waals surface area contributed by atoms with Gasteiger partial charge in [-0.25, -0.2) is 0 Å². The van der Waals surface area contributed by atoms with E-state index in [0.29, 0.717) is 12.1 Å². The predicted molar refractivity (Wildman–Crippen MR) is 72.1 cm³/mol. The third-order valence-electron chi connectivity index (χ3n) is 3.11. The number of nitrogens with zero attached hydrogens (tertiary/aromatic N) is 4. The molecule has 0 aliphatic heterocycles. The second kappa shape index (κ2) is 6.12. The largest absolute Gasteiger partial charge is 0.317 e. The van der Waals surface area contributed by atoms with Crippen LogP contribution in [0.3, 0.4) is 0 Å². The lowest BCUT2D eigenvalue weighted by atomic mass is 10.1. The molecule has 0 bridgehead atoms. The van der Waals surface area contributed by atoms with Gasteiger partial charge in [-0.05, 0) is 37.1 Å². The second-order valence-electron chi connectivity index (χ2n) is 4.39. The maximum absolute atomic E-state index is 8.83. The fraction of sp³-hybridized carbons (Fsp3) is 0.357. The summed E-state index contributed by atoms with van der Waals surface area (Å²) in [5.41, 5.74) is 3.03. The average molecular weight is 255 g/mol. The monoisotopic (exact) mass is 255 g/mol. The maximum atomic E-state index is 8.83. The minimum absolute atomic E-state index is 0.688. The van der Waals surface area contributed by atoms with Crippen molar-refractivity contribution >= 4 is 0 Å². The number of rotatable bonds is 5. The molecule has 0 fully saturated rings. The highest BCUT2D eigenvalue weighted by Crippen LogP contribution is 2.10. The molecule has 0 saturated carbocycles. The summed E-state index contributed by atoms with van der Waals surface area (Å²) in [7, 11) is 0. The van der Waals surface area contributed by atoms with Crippen molar-refractivity contribution in [1.29, 1.82) is 5.26 Å². The third kappa shape index (κ3) is 3.18. The Labute approximate surface area is 112 Å². The van der Waals surface area contributed by atoms with E-state index in [4.69, 9.17) is 5.26 Å². The van der Waals surface area contributed by atoms with Crippen LogP contribution in [0.5, 0.6) is 0 Å². The molecule has 98 valence electrons. The number of aromatic nitrogens is 3. The highest BCUT2D eigenvalue weighted by molar-refractivity contribution is 5.37. The van der Waals surface area contributed by atoms with Gasteiger partial charge in [-0.1, -0.05) is 6.07 Å². The van der Waals surface area contributed by atoms with E-state index in [-0.39, 0.29) is 0 Å². The zero-order valence-electron chi connectivity index (χ0n) is 11.2. The smallest absolute Gasteiger partial charge is 0.146 e. The van der Waals surface area contributed by atoms with E-state index in [0.717, 1.165) is 24.5 Å². The highest BCUT2D eigenvalue weighted by Gasteiger charge is 2.03. The molecule has 5 nitrogen and oxygen atoms in total. The van der Waals surface area contributed by atoms with Crippen LogP contribution < -0.4 is 5.32 Å². The molecule has 2 rings (SSSR count). The van der Waals surface area contributed by atoms with Crippen molar-refractivity contribution < 1.29 is 0 Å². The number of nitrogens with one attached hydrogen (secondary N) is 1. The van der Waals surface area contributed by atoms with Crippen molar-refractivity contribution in [2.24, 2.45) is 0 Å². The van der Waals surface area contributed by atoms with E-state index < -0.39 is 0 Å². The average Bonchev–Trinajstić information content (AvgIpc) is 2.88. The summed E-state index contributed by atoms with van der Waals surface area (Å²) >= 11 is 0. The van der Waals surface area contributed by atoms with Gasteiger partial charge in [0.25, 0.3) is 0 Å². The molecule has 19 heavy (non-hydrogen) atoms. The van der Waals surface area contributed by atoms with Gasteiger partial charge in [0.05, 0.1) is 18.2 Å². The lowest BCUT2D eigenvalue weighted by molar-refractivity contribution is 0.611. The summed E-state index contributed by atoms with van der Waals surface area (Å²) in [6.07, 6.45) is 1.74. The lowest BCUT2D eigenvalue weighted by Gasteiger charge is -2.08. The van der Waals surface area contributed by atoms with E-state index in [1.54, 1.807) is 6.33 Å². The normalized spacial score (nSPS) is 10.4. The van der Waals surface area contributed by atoms with Crippen LogP contribution in [0.25, 0.3) is 0 Å². The molecule has 0 unspecified atom stereocenters. The summed E-state index contributed by atoms with van der Waals surface area (Å²) in [4.78, 5) is 0. The fourth-order valence-corrected chi connectivity index (χ4v) is 1.95. The van der Waals surface area contributed by atoms with Crippen molar-refractivity contribution in [3.8, 4) is 6.07 Å².